The highest BCUT2D eigenvalue weighted by atomic mass is 16.2. The Balaban J connectivity index is 1.91. The minimum atomic E-state index is -0.334. The van der Waals surface area contributed by atoms with E-state index >= 15 is 0 Å². The molecule has 0 aliphatic carbocycles. The number of rotatable bonds is 2. The standard InChI is InChI=1S/C14H19N5O2/c1-17-7-3-5-10(9-17)18(2)13(20)11-6-4-8-19-12(11)15-16-14(19)21/h4,6,8,10H,3,5,7,9H2,1-2H3,(H,16,21). The fourth-order valence-corrected chi connectivity index (χ4v) is 2.91. The summed E-state index contributed by atoms with van der Waals surface area (Å²) in [7, 11) is 3.89. The molecule has 7 nitrogen and oxygen atoms in total. The SMILES string of the molecule is CN1CCCC(N(C)C(=O)c2cccn3c(=O)[nH]nc23)C1. The van der Waals surface area contributed by atoms with Crippen LogP contribution in [0.2, 0.25) is 0 Å². The summed E-state index contributed by atoms with van der Waals surface area (Å²) in [5, 5.41) is 6.33. The number of carbonyl (C=O) groups excluding carboxylic acids is 1. The lowest BCUT2D eigenvalue weighted by Crippen LogP contribution is -2.47. The molecule has 112 valence electrons. The third-order valence-corrected chi connectivity index (χ3v) is 4.14. The van der Waals surface area contributed by atoms with Gasteiger partial charge in [-0.2, -0.15) is 5.10 Å². The molecule has 1 aliphatic heterocycles. The summed E-state index contributed by atoms with van der Waals surface area (Å²) in [6.07, 6.45) is 3.69. The predicted molar refractivity (Wildman–Crippen MR) is 78.4 cm³/mol. The number of hydrogen-bond acceptors (Lipinski definition) is 4. The third kappa shape index (κ3) is 2.44. The maximum atomic E-state index is 12.7. The number of aromatic amines is 1. The quantitative estimate of drug-likeness (QED) is 0.856. The Hall–Kier alpha value is -2.15. The monoisotopic (exact) mass is 289 g/mol. The first kappa shape index (κ1) is 13.8. The molecule has 1 saturated heterocycles. The smallest absolute Gasteiger partial charge is 0.337 e. The van der Waals surface area contributed by atoms with Crippen molar-refractivity contribution in [1.29, 1.82) is 0 Å². The Bertz CT molecular complexity index is 719. The van der Waals surface area contributed by atoms with Crippen molar-refractivity contribution < 1.29 is 4.79 Å². The number of likely N-dealkylation sites (tertiary alicyclic amines) is 1. The molecular weight excluding hydrogens is 270 g/mol. The topological polar surface area (TPSA) is 73.7 Å². The van der Waals surface area contributed by atoms with Gasteiger partial charge in [-0.25, -0.2) is 14.3 Å². The lowest BCUT2D eigenvalue weighted by atomic mass is 10.0. The van der Waals surface area contributed by atoms with Crippen LogP contribution in [0.1, 0.15) is 23.2 Å². The molecule has 1 amide bonds. The zero-order valence-electron chi connectivity index (χ0n) is 12.2. The van der Waals surface area contributed by atoms with Crippen LogP contribution >= 0.6 is 0 Å². The highest BCUT2D eigenvalue weighted by Gasteiger charge is 2.26. The molecule has 0 aromatic carbocycles. The summed E-state index contributed by atoms with van der Waals surface area (Å²) >= 11 is 0. The van der Waals surface area contributed by atoms with Crippen LogP contribution in [0.25, 0.3) is 5.65 Å². The molecule has 1 unspecified atom stereocenters. The van der Waals surface area contributed by atoms with Gasteiger partial charge in [-0.3, -0.25) is 4.79 Å². The summed E-state index contributed by atoms with van der Waals surface area (Å²) in [4.78, 5) is 28.3. The van der Waals surface area contributed by atoms with Gasteiger partial charge in [0, 0.05) is 25.8 Å². The van der Waals surface area contributed by atoms with Gasteiger partial charge in [-0.15, -0.1) is 0 Å². The lowest BCUT2D eigenvalue weighted by Gasteiger charge is -2.35. The van der Waals surface area contributed by atoms with E-state index in [0.717, 1.165) is 25.9 Å². The minimum absolute atomic E-state index is 0.0973. The largest absolute Gasteiger partial charge is 0.347 e. The predicted octanol–water partition coefficient (Wildman–Crippen LogP) is 0.189. The third-order valence-electron chi connectivity index (χ3n) is 4.14. The van der Waals surface area contributed by atoms with Gasteiger partial charge in [0.05, 0.1) is 5.56 Å². The van der Waals surface area contributed by atoms with Gasteiger partial charge in [0.1, 0.15) is 0 Å². The second-order valence-electron chi connectivity index (χ2n) is 5.62. The van der Waals surface area contributed by atoms with Crippen LogP contribution < -0.4 is 5.69 Å². The van der Waals surface area contributed by atoms with Crippen LogP contribution in [0.3, 0.4) is 0 Å². The van der Waals surface area contributed by atoms with Crippen molar-refractivity contribution in [1.82, 2.24) is 24.4 Å². The second-order valence-corrected chi connectivity index (χ2v) is 5.62. The molecule has 0 radical (unpaired) electrons. The van der Waals surface area contributed by atoms with Crippen molar-refractivity contribution in [3.63, 3.8) is 0 Å². The van der Waals surface area contributed by atoms with Crippen molar-refractivity contribution in [2.24, 2.45) is 0 Å². The number of likely N-dealkylation sites (N-methyl/N-ethyl adjacent to an activating group) is 2. The Morgan fingerprint density at radius 2 is 2.33 bits per heavy atom. The van der Waals surface area contributed by atoms with Gasteiger partial charge in [-0.1, -0.05) is 0 Å². The summed E-state index contributed by atoms with van der Waals surface area (Å²) in [5.74, 6) is -0.0973. The van der Waals surface area contributed by atoms with E-state index in [4.69, 9.17) is 0 Å². The van der Waals surface area contributed by atoms with Gasteiger partial charge in [0.25, 0.3) is 5.91 Å². The maximum Gasteiger partial charge on any atom is 0.347 e. The molecule has 2 aromatic heterocycles. The average molecular weight is 289 g/mol. The molecule has 1 fully saturated rings. The molecule has 3 heterocycles. The summed E-state index contributed by atoms with van der Waals surface area (Å²) in [5.41, 5.74) is 0.495. The highest BCUT2D eigenvalue weighted by Crippen LogP contribution is 2.17. The van der Waals surface area contributed by atoms with Crippen molar-refractivity contribution in [3.05, 3.63) is 34.4 Å². The van der Waals surface area contributed by atoms with E-state index in [2.05, 4.69) is 22.1 Å². The Kier molecular flexibility index (Phi) is 3.50. The molecule has 1 N–H and O–H groups in total. The zero-order valence-corrected chi connectivity index (χ0v) is 12.2. The van der Waals surface area contributed by atoms with Crippen molar-refractivity contribution in [2.75, 3.05) is 27.2 Å². The Morgan fingerprint density at radius 3 is 3.10 bits per heavy atom. The molecule has 2 aromatic rings. The summed E-state index contributed by atoms with van der Waals surface area (Å²) < 4.78 is 1.36. The van der Waals surface area contributed by atoms with E-state index in [-0.39, 0.29) is 17.6 Å². The van der Waals surface area contributed by atoms with E-state index in [0.29, 0.717) is 11.2 Å². The first-order chi connectivity index (χ1) is 10.1. The number of piperidine rings is 1. The van der Waals surface area contributed by atoms with Gasteiger partial charge in [0.2, 0.25) is 0 Å². The van der Waals surface area contributed by atoms with Crippen molar-refractivity contribution in [2.45, 2.75) is 18.9 Å². The number of H-pyrrole nitrogens is 1. The number of hydrogen-bond donors (Lipinski definition) is 1. The molecule has 21 heavy (non-hydrogen) atoms. The number of nitrogens with one attached hydrogen (secondary N) is 1. The molecule has 3 rings (SSSR count). The van der Waals surface area contributed by atoms with Crippen LogP contribution in [0.5, 0.6) is 0 Å². The zero-order chi connectivity index (χ0) is 15.0. The number of pyridine rings is 1. The molecular formula is C14H19N5O2. The molecule has 0 spiro atoms. The lowest BCUT2D eigenvalue weighted by molar-refractivity contribution is 0.0645. The number of amides is 1. The Labute approximate surface area is 122 Å². The fourth-order valence-electron chi connectivity index (χ4n) is 2.91. The first-order valence-electron chi connectivity index (χ1n) is 7.09. The van der Waals surface area contributed by atoms with Crippen LogP contribution in [-0.4, -0.2) is 63.5 Å². The second kappa shape index (κ2) is 5.33. The molecule has 1 atom stereocenters. The highest BCUT2D eigenvalue weighted by molar-refractivity contribution is 5.99. The molecule has 0 bridgehead atoms. The number of nitrogens with zero attached hydrogens (tertiary/aromatic N) is 4. The van der Waals surface area contributed by atoms with E-state index in [1.165, 1.54) is 4.40 Å². The van der Waals surface area contributed by atoms with Crippen LogP contribution in [0.4, 0.5) is 0 Å². The first-order valence-corrected chi connectivity index (χ1v) is 7.09. The van der Waals surface area contributed by atoms with Crippen molar-refractivity contribution in [3.8, 4) is 0 Å². The summed E-state index contributed by atoms with van der Waals surface area (Å²) in [6, 6.07) is 3.60. The normalized spacial score (nSPS) is 19.8. The number of carbonyl (C=O) groups is 1. The van der Waals surface area contributed by atoms with E-state index in [1.54, 1.807) is 23.2 Å². The average Bonchev–Trinajstić information content (AvgIpc) is 2.87. The van der Waals surface area contributed by atoms with Crippen LogP contribution in [0, 0.1) is 0 Å². The van der Waals surface area contributed by atoms with Gasteiger partial charge in [-0.05, 0) is 38.6 Å². The van der Waals surface area contributed by atoms with Gasteiger partial charge >= 0.3 is 5.69 Å². The van der Waals surface area contributed by atoms with Gasteiger partial charge < -0.3 is 9.80 Å². The molecule has 0 saturated carbocycles. The number of aromatic nitrogens is 3. The molecule has 7 heteroatoms. The van der Waals surface area contributed by atoms with Gasteiger partial charge in [0.15, 0.2) is 5.65 Å². The number of fused-ring (bicyclic) bond motifs is 1. The van der Waals surface area contributed by atoms with E-state index in [9.17, 15) is 9.59 Å². The Morgan fingerprint density at radius 1 is 1.52 bits per heavy atom. The maximum absolute atomic E-state index is 12.7. The summed E-state index contributed by atoms with van der Waals surface area (Å²) in [6.45, 7) is 1.95. The van der Waals surface area contributed by atoms with E-state index < -0.39 is 0 Å². The van der Waals surface area contributed by atoms with Crippen LogP contribution in [-0.2, 0) is 0 Å². The van der Waals surface area contributed by atoms with E-state index in [1.807, 2.05) is 7.05 Å². The van der Waals surface area contributed by atoms with Crippen LogP contribution in [0.15, 0.2) is 23.1 Å². The fraction of sp³-hybridized carbons (Fsp3) is 0.500. The molecule has 1 aliphatic rings. The van der Waals surface area contributed by atoms with Crippen molar-refractivity contribution >= 4 is 11.6 Å². The minimum Gasteiger partial charge on any atom is -0.337 e.